The Morgan fingerprint density at radius 2 is 1.53 bits per heavy atom. The van der Waals surface area contributed by atoms with Gasteiger partial charge in [-0.1, -0.05) is 23.4 Å². The van der Waals surface area contributed by atoms with E-state index in [1.54, 1.807) is 14.2 Å². The second-order valence-corrected chi connectivity index (χ2v) is 8.99. The lowest BCUT2D eigenvalue weighted by Crippen LogP contribution is -2.12. The summed E-state index contributed by atoms with van der Waals surface area (Å²) in [7, 11) is 3.22. The van der Waals surface area contributed by atoms with Crippen LogP contribution in [-0.4, -0.2) is 41.1 Å². The third-order valence-corrected chi connectivity index (χ3v) is 6.29. The van der Waals surface area contributed by atoms with Crippen LogP contribution in [0, 0.1) is 5.82 Å². The quantitative estimate of drug-likeness (QED) is 0.263. The third kappa shape index (κ3) is 6.30. The van der Waals surface area contributed by atoms with Crippen LogP contribution < -0.4 is 14.8 Å². The maximum atomic E-state index is 13.3. The highest BCUT2D eigenvalue weighted by atomic mass is 35.5. The number of rotatable bonds is 9. The molecule has 1 N–H and O–H groups in total. The Morgan fingerprint density at radius 1 is 0.917 bits per heavy atom. The van der Waals surface area contributed by atoms with Crippen molar-refractivity contribution in [2.24, 2.45) is 0 Å². The summed E-state index contributed by atoms with van der Waals surface area (Å²) in [6.07, 6.45) is 0.196. The fraction of sp³-hybridized carbons (Fsp3) is 0.154. The summed E-state index contributed by atoms with van der Waals surface area (Å²) in [5, 5.41) is 11.8. The minimum atomic E-state index is -0.541. The van der Waals surface area contributed by atoms with Gasteiger partial charge in [-0.3, -0.25) is 4.79 Å². The summed E-state index contributed by atoms with van der Waals surface area (Å²) in [5.74, 6) is 1.12. The van der Waals surface area contributed by atoms with Gasteiger partial charge < -0.3 is 14.8 Å². The van der Waals surface area contributed by atoms with Gasteiger partial charge in [0.25, 0.3) is 0 Å². The van der Waals surface area contributed by atoms with Gasteiger partial charge in [0, 0.05) is 29.0 Å². The van der Waals surface area contributed by atoms with Gasteiger partial charge in [0.2, 0.25) is 11.1 Å². The molecule has 184 valence electrons. The molecule has 4 aromatic rings. The maximum Gasteiger partial charge on any atom is 0.225 e. The highest BCUT2D eigenvalue weighted by Gasteiger charge is 2.15. The number of hydrogen-bond donors (Lipinski definition) is 1. The van der Waals surface area contributed by atoms with Crippen molar-refractivity contribution >= 4 is 35.0 Å². The van der Waals surface area contributed by atoms with Crippen molar-refractivity contribution in [1.29, 1.82) is 0 Å². The van der Waals surface area contributed by atoms with Gasteiger partial charge in [0.15, 0.2) is 0 Å². The van der Waals surface area contributed by atoms with Crippen LogP contribution in [-0.2, 0) is 4.79 Å². The number of methoxy groups -OCH3 is 2. The van der Waals surface area contributed by atoms with E-state index in [-0.39, 0.29) is 17.4 Å². The second kappa shape index (κ2) is 11.8. The molecule has 0 aliphatic rings. The average molecular weight is 525 g/mol. The predicted octanol–water partition coefficient (Wildman–Crippen LogP) is 6.14. The number of benzene rings is 3. The lowest BCUT2D eigenvalue weighted by molar-refractivity contribution is -0.115. The number of anilines is 1. The molecule has 0 saturated carbocycles. The van der Waals surface area contributed by atoms with Gasteiger partial charge in [-0.05, 0) is 66.7 Å². The van der Waals surface area contributed by atoms with Crippen molar-refractivity contribution in [3.05, 3.63) is 77.6 Å². The van der Waals surface area contributed by atoms with E-state index in [4.69, 9.17) is 26.1 Å². The first-order valence-corrected chi connectivity index (χ1v) is 12.2. The van der Waals surface area contributed by atoms with Gasteiger partial charge in [-0.25, -0.2) is 9.37 Å². The summed E-state index contributed by atoms with van der Waals surface area (Å²) in [4.78, 5) is 17.0. The molecule has 3 aromatic carbocycles. The third-order valence-electron chi connectivity index (χ3n) is 5.16. The standard InChI is InChI=1S/C26H22ClFN4O3S/c1-34-19-8-3-16(4-9-19)24-25(17-5-10-20(35-2)11-6-17)31-32-26(30-24)36-14-13-23(33)29-18-7-12-22(28)21(27)15-18/h3-12,15H,13-14H2,1-2H3,(H,29,33). The summed E-state index contributed by atoms with van der Waals surface area (Å²) in [5.41, 5.74) is 3.41. The van der Waals surface area contributed by atoms with Gasteiger partial charge in [-0.15, -0.1) is 10.2 Å². The normalized spacial score (nSPS) is 10.7. The average Bonchev–Trinajstić information content (AvgIpc) is 2.91. The van der Waals surface area contributed by atoms with E-state index >= 15 is 0 Å². The van der Waals surface area contributed by atoms with E-state index < -0.39 is 5.82 Å². The summed E-state index contributed by atoms with van der Waals surface area (Å²) >= 11 is 7.08. The first-order chi connectivity index (χ1) is 17.5. The molecule has 0 saturated heterocycles. The molecule has 7 nitrogen and oxygen atoms in total. The number of halogens is 2. The Balaban J connectivity index is 1.51. The molecule has 0 bridgehead atoms. The maximum absolute atomic E-state index is 13.3. The summed E-state index contributed by atoms with van der Waals surface area (Å²) < 4.78 is 23.8. The van der Waals surface area contributed by atoms with Crippen molar-refractivity contribution in [3.8, 4) is 34.0 Å². The van der Waals surface area contributed by atoms with Crippen molar-refractivity contribution < 1.29 is 18.7 Å². The molecule has 10 heteroatoms. The van der Waals surface area contributed by atoms with E-state index in [9.17, 15) is 9.18 Å². The van der Waals surface area contributed by atoms with Crippen molar-refractivity contribution in [2.45, 2.75) is 11.6 Å². The molecule has 1 heterocycles. The lowest BCUT2D eigenvalue weighted by atomic mass is 10.0. The predicted molar refractivity (Wildman–Crippen MR) is 139 cm³/mol. The number of carbonyl (C=O) groups excluding carboxylic acids is 1. The number of thioether (sulfide) groups is 1. The molecule has 0 aliphatic carbocycles. The van der Waals surface area contributed by atoms with E-state index in [1.807, 2.05) is 48.5 Å². The van der Waals surface area contributed by atoms with E-state index in [2.05, 4.69) is 15.5 Å². The number of ether oxygens (including phenoxy) is 2. The largest absolute Gasteiger partial charge is 0.497 e. The molecular formula is C26H22ClFN4O3S. The van der Waals surface area contributed by atoms with Crippen LogP contribution in [0.1, 0.15) is 6.42 Å². The van der Waals surface area contributed by atoms with Crippen molar-refractivity contribution in [1.82, 2.24) is 15.2 Å². The molecule has 0 radical (unpaired) electrons. The van der Waals surface area contributed by atoms with Crippen LogP contribution in [0.4, 0.5) is 10.1 Å². The first kappa shape index (κ1) is 25.4. The highest BCUT2D eigenvalue weighted by molar-refractivity contribution is 7.99. The molecule has 0 atom stereocenters. The van der Waals surface area contributed by atoms with Crippen LogP contribution >= 0.6 is 23.4 Å². The molecule has 1 amide bonds. The SMILES string of the molecule is COc1ccc(-c2nnc(SCCC(=O)Nc3ccc(F)c(Cl)c3)nc2-c2ccc(OC)cc2)cc1. The highest BCUT2D eigenvalue weighted by Crippen LogP contribution is 2.32. The fourth-order valence-corrected chi connectivity index (χ4v) is 4.20. The van der Waals surface area contributed by atoms with E-state index in [0.29, 0.717) is 28.0 Å². The van der Waals surface area contributed by atoms with E-state index in [0.717, 1.165) is 22.6 Å². The molecular weight excluding hydrogens is 503 g/mol. The van der Waals surface area contributed by atoms with Gasteiger partial charge >= 0.3 is 0 Å². The van der Waals surface area contributed by atoms with E-state index in [1.165, 1.54) is 30.0 Å². The van der Waals surface area contributed by atoms with Crippen molar-refractivity contribution in [2.75, 3.05) is 25.3 Å². The zero-order valence-corrected chi connectivity index (χ0v) is 21.1. The molecule has 4 rings (SSSR count). The van der Waals surface area contributed by atoms with Gasteiger partial charge in [0.1, 0.15) is 28.7 Å². The lowest BCUT2D eigenvalue weighted by Gasteiger charge is -2.11. The molecule has 0 spiro atoms. The monoisotopic (exact) mass is 524 g/mol. The van der Waals surface area contributed by atoms with Crippen LogP contribution in [0.15, 0.2) is 71.9 Å². The minimum Gasteiger partial charge on any atom is -0.497 e. The first-order valence-electron chi connectivity index (χ1n) is 10.9. The number of amides is 1. The molecule has 0 unspecified atom stereocenters. The Labute approximate surface area is 217 Å². The Kier molecular flexibility index (Phi) is 8.35. The number of nitrogens with zero attached hydrogens (tertiary/aromatic N) is 3. The second-order valence-electron chi connectivity index (χ2n) is 7.52. The number of hydrogen-bond acceptors (Lipinski definition) is 7. The Hall–Kier alpha value is -3.69. The summed E-state index contributed by atoms with van der Waals surface area (Å²) in [6, 6.07) is 19.1. The fourth-order valence-electron chi connectivity index (χ4n) is 3.30. The zero-order chi connectivity index (χ0) is 25.5. The number of carbonyl (C=O) groups is 1. The molecule has 0 aliphatic heterocycles. The summed E-state index contributed by atoms with van der Waals surface area (Å²) in [6.45, 7) is 0. The molecule has 36 heavy (non-hydrogen) atoms. The number of nitrogens with one attached hydrogen (secondary N) is 1. The Morgan fingerprint density at radius 3 is 2.11 bits per heavy atom. The zero-order valence-electron chi connectivity index (χ0n) is 19.5. The smallest absolute Gasteiger partial charge is 0.225 e. The topological polar surface area (TPSA) is 86.2 Å². The van der Waals surface area contributed by atoms with Crippen molar-refractivity contribution in [3.63, 3.8) is 0 Å². The van der Waals surface area contributed by atoms with Gasteiger partial charge in [-0.2, -0.15) is 0 Å². The molecule has 0 fully saturated rings. The van der Waals surface area contributed by atoms with Crippen LogP contribution in [0.3, 0.4) is 0 Å². The number of aromatic nitrogens is 3. The van der Waals surface area contributed by atoms with Crippen LogP contribution in [0.25, 0.3) is 22.5 Å². The molecule has 1 aromatic heterocycles. The van der Waals surface area contributed by atoms with Crippen LogP contribution in [0.2, 0.25) is 5.02 Å². The minimum absolute atomic E-state index is 0.0512. The Bertz CT molecular complexity index is 1350. The van der Waals surface area contributed by atoms with Gasteiger partial charge in [0.05, 0.1) is 19.2 Å². The van der Waals surface area contributed by atoms with Crippen LogP contribution in [0.5, 0.6) is 11.5 Å².